The predicted molar refractivity (Wildman–Crippen MR) is 81.8 cm³/mol. The van der Waals surface area contributed by atoms with Crippen LogP contribution in [0.5, 0.6) is 0 Å². The van der Waals surface area contributed by atoms with Gasteiger partial charge in [0.25, 0.3) is 5.69 Å². The lowest BCUT2D eigenvalue weighted by molar-refractivity contribution is -0.385. The zero-order valence-corrected chi connectivity index (χ0v) is 13.7. The first-order valence-corrected chi connectivity index (χ1v) is 8.46. The monoisotopic (exact) mass is 314 g/mol. The molecule has 1 aromatic carbocycles. The molecular weight excluding hydrogens is 292 g/mol. The van der Waals surface area contributed by atoms with Gasteiger partial charge in [0.2, 0.25) is 10.0 Å². The Kier molecular flexibility index (Phi) is 5.86. The minimum absolute atomic E-state index is 0.0525. The molecule has 0 amide bonds. The molecular formula is C14H22N2O4S. The van der Waals surface area contributed by atoms with Crippen molar-refractivity contribution < 1.29 is 13.3 Å². The molecule has 0 aromatic heterocycles. The molecule has 6 nitrogen and oxygen atoms in total. The first-order chi connectivity index (χ1) is 9.72. The number of hydrogen-bond acceptors (Lipinski definition) is 4. The minimum atomic E-state index is -3.73. The van der Waals surface area contributed by atoms with Crippen molar-refractivity contribution in [2.75, 3.05) is 6.54 Å². The summed E-state index contributed by atoms with van der Waals surface area (Å²) in [6, 6.07) is 2.59. The van der Waals surface area contributed by atoms with Crippen LogP contribution in [0.15, 0.2) is 17.0 Å². The average molecular weight is 314 g/mol. The minimum Gasteiger partial charge on any atom is -0.258 e. The van der Waals surface area contributed by atoms with Crippen LogP contribution in [0.25, 0.3) is 0 Å². The summed E-state index contributed by atoms with van der Waals surface area (Å²) >= 11 is 0. The number of benzene rings is 1. The Balaban J connectivity index is 3.12. The highest BCUT2D eigenvalue weighted by Gasteiger charge is 2.22. The summed E-state index contributed by atoms with van der Waals surface area (Å²) in [6.45, 7) is 7.63. The Morgan fingerprint density at radius 1 is 1.24 bits per heavy atom. The van der Waals surface area contributed by atoms with E-state index >= 15 is 0 Å². The number of nitro benzene ring substituents is 1. The zero-order valence-electron chi connectivity index (χ0n) is 12.8. The molecule has 1 rings (SSSR count). The highest BCUT2D eigenvalue weighted by molar-refractivity contribution is 7.89. The standard InChI is InChI=1S/C14H22N2O4S/c1-5-12(6-2)9-15-21(19,20)13-7-10(3)11(4)14(8-13)16(17)18/h7-8,12,15H,5-6,9H2,1-4H3. The molecule has 0 unspecified atom stereocenters. The summed E-state index contributed by atoms with van der Waals surface area (Å²) in [5, 5.41) is 11.0. The molecule has 0 fully saturated rings. The molecule has 0 aliphatic carbocycles. The molecule has 21 heavy (non-hydrogen) atoms. The summed E-state index contributed by atoms with van der Waals surface area (Å²) < 4.78 is 27.1. The van der Waals surface area contributed by atoms with Crippen molar-refractivity contribution in [3.05, 3.63) is 33.4 Å². The Hall–Kier alpha value is -1.47. The molecule has 0 saturated carbocycles. The molecule has 0 saturated heterocycles. The summed E-state index contributed by atoms with van der Waals surface area (Å²) in [6.07, 6.45) is 1.76. The Morgan fingerprint density at radius 3 is 2.29 bits per heavy atom. The van der Waals surface area contributed by atoms with Crippen molar-refractivity contribution in [3.8, 4) is 0 Å². The van der Waals surface area contributed by atoms with Gasteiger partial charge in [0, 0.05) is 18.2 Å². The second-order valence-corrected chi connectivity index (χ2v) is 6.94. The van der Waals surface area contributed by atoms with E-state index in [4.69, 9.17) is 0 Å². The van der Waals surface area contributed by atoms with Crippen LogP contribution in [-0.2, 0) is 10.0 Å². The van der Waals surface area contributed by atoms with E-state index < -0.39 is 14.9 Å². The van der Waals surface area contributed by atoms with Crippen molar-refractivity contribution in [1.29, 1.82) is 0 Å². The van der Waals surface area contributed by atoms with Crippen LogP contribution in [0.2, 0.25) is 0 Å². The molecule has 0 heterocycles. The van der Waals surface area contributed by atoms with Gasteiger partial charge < -0.3 is 0 Å². The van der Waals surface area contributed by atoms with Gasteiger partial charge in [-0.2, -0.15) is 0 Å². The predicted octanol–water partition coefficient (Wildman–Crippen LogP) is 2.93. The number of hydrogen-bond donors (Lipinski definition) is 1. The maximum atomic E-state index is 12.3. The van der Waals surface area contributed by atoms with E-state index in [2.05, 4.69) is 4.72 Å². The summed E-state index contributed by atoms with van der Waals surface area (Å²) in [7, 11) is -3.73. The number of rotatable bonds is 7. The van der Waals surface area contributed by atoms with Gasteiger partial charge in [-0.3, -0.25) is 10.1 Å². The third-order valence-electron chi connectivity index (χ3n) is 3.84. The number of aryl methyl sites for hydroxylation is 1. The van der Waals surface area contributed by atoms with E-state index in [1.165, 1.54) is 6.07 Å². The second-order valence-electron chi connectivity index (χ2n) is 5.18. The van der Waals surface area contributed by atoms with Gasteiger partial charge in [0.1, 0.15) is 0 Å². The number of nitro groups is 1. The zero-order chi connectivity index (χ0) is 16.2. The van der Waals surface area contributed by atoms with Gasteiger partial charge in [-0.15, -0.1) is 0 Å². The first kappa shape index (κ1) is 17.6. The van der Waals surface area contributed by atoms with Crippen molar-refractivity contribution >= 4 is 15.7 Å². The molecule has 1 N–H and O–H groups in total. The molecule has 0 aliphatic rings. The number of nitrogens with zero attached hydrogens (tertiary/aromatic N) is 1. The molecule has 7 heteroatoms. The van der Waals surface area contributed by atoms with Crippen molar-refractivity contribution in [1.82, 2.24) is 4.72 Å². The van der Waals surface area contributed by atoms with Crippen LogP contribution < -0.4 is 4.72 Å². The van der Waals surface area contributed by atoms with Crippen LogP contribution in [0.1, 0.15) is 37.8 Å². The lowest BCUT2D eigenvalue weighted by atomic mass is 10.0. The van der Waals surface area contributed by atoms with E-state index in [0.29, 0.717) is 17.7 Å². The Morgan fingerprint density at radius 2 is 1.81 bits per heavy atom. The number of sulfonamides is 1. The smallest absolute Gasteiger partial charge is 0.258 e. The SMILES string of the molecule is CCC(CC)CNS(=O)(=O)c1cc(C)c(C)c([N+](=O)[O-])c1. The van der Waals surface area contributed by atoms with E-state index in [9.17, 15) is 18.5 Å². The quantitative estimate of drug-likeness (QED) is 0.619. The Labute approximate surface area is 125 Å². The normalized spacial score (nSPS) is 11.9. The fraction of sp³-hybridized carbons (Fsp3) is 0.571. The Bertz CT molecular complexity index is 622. The molecule has 0 bridgehead atoms. The van der Waals surface area contributed by atoms with Crippen molar-refractivity contribution in [3.63, 3.8) is 0 Å². The average Bonchev–Trinajstić information content (AvgIpc) is 2.42. The van der Waals surface area contributed by atoms with Crippen LogP contribution in [-0.4, -0.2) is 19.9 Å². The molecule has 0 radical (unpaired) electrons. The summed E-state index contributed by atoms with van der Waals surface area (Å²) in [5.74, 6) is 0.265. The van der Waals surface area contributed by atoms with E-state index in [1.54, 1.807) is 13.8 Å². The van der Waals surface area contributed by atoms with Crippen LogP contribution >= 0.6 is 0 Å². The number of nitrogens with one attached hydrogen (secondary N) is 1. The molecule has 118 valence electrons. The van der Waals surface area contributed by atoms with Crippen LogP contribution in [0, 0.1) is 29.9 Å². The largest absolute Gasteiger partial charge is 0.273 e. The lowest BCUT2D eigenvalue weighted by Crippen LogP contribution is -2.29. The topological polar surface area (TPSA) is 89.3 Å². The van der Waals surface area contributed by atoms with E-state index in [0.717, 1.165) is 18.9 Å². The molecule has 0 spiro atoms. The maximum Gasteiger partial charge on any atom is 0.273 e. The van der Waals surface area contributed by atoms with Gasteiger partial charge in [0.05, 0.1) is 9.82 Å². The first-order valence-electron chi connectivity index (χ1n) is 6.98. The summed E-state index contributed by atoms with van der Waals surface area (Å²) in [5.41, 5.74) is 0.906. The molecule has 0 atom stereocenters. The fourth-order valence-electron chi connectivity index (χ4n) is 2.04. The summed E-state index contributed by atoms with van der Waals surface area (Å²) in [4.78, 5) is 10.4. The van der Waals surface area contributed by atoms with E-state index in [-0.39, 0.29) is 16.5 Å². The maximum absolute atomic E-state index is 12.3. The molecule has 1 aromatic rings. The lowest BCUT2D eigenvalue weighted by Gasteiger charge is -2.14. The van der Waals surface area contributed by atoms with Gasteiger partial charge in [-0.05, 0) is 31.4 Å². The fourth-order valence-corrected chi connectivity index (χ4v) is 3.26. The van der Waals surface area contributed by atoms with Crippen LogP contribution in [0.3, 0.4) is 0 Å². The van der Waals surface area contributed by atoms with Gasteiger partial charge in [0.15, 0.2) is 0 Å². The highest BCUT2D eigenvalue weighted by Crippen LogP contribution is 2.25. The third-order valence-corrected chi connectivity index (χ3v) is 5.24. The molecule has 0 aliphatic heterocycles. The van der Waals surface area contributed by atoms with Crippen molar-refractivity contribution in [2.45, 2.75) is 45.4 Å². The van der Waals surface area contributed by atoms with Gasteiger partial charge in [-0.25, -0.2) is 13.1 Å². The van der Waals surface area contributed by atoms with E-state index in [1.807, 2.05) is 13.8 Å². The third kappa shape index (κ3) is 4.25. The van der Waals surface area contributed by atoms with Crippen molar-refractivity contribution in [2.24, 2.45) is 5.92 Å². The van der Waals surface area contributed by atoms with Crippen LogP contribution in [0.4, 0.5) is 5.69 Å². The second kappa shape index (κ2) is 7.00. The van der Waals surface area contributed by atoms with Gasteiger partial charge >= 0.3 is 0 Å². The van der Waals surface area contributed by atoms with Gasteiger partial charge in [-0.1, -0.05) is 26.7 Å². The highest BCUT2D eigenvalue weighted by atomic mass is 32.2.